The van der Waals surface area contributed by atoms with Gasteiger partial charge in [0.1, 0.15) is 11.6 Å². The fourth-order valence-electron chi connectivity index (χ4n) is 1.82. The highest BCUT2D eigenvalue weighted by atomic mass is 32.2. The average molecular weight is 351 g/mol. The van der Waals surface area contributed by atoms with Crippen LogP contribution in [0.4, 0.5) is 10.1 Å². The van der Waals surface area contributed by atoms with Gasteiger partial charge in [0, 0.05) is 30.8 Å². The van der Waals surface area contributed by atoms with E-state index in [0.717, 1.165) is 5.82 Å². The molecule has 0 bridgehead atoms. The van der Waals surface area contributed by atoms with Gasteiger partial charge in [0.05, 0.1) is 0 Å². The van der Waals surface area contributed by atoms with Crippen molar-refractivity contribution < 1.29 is 14.0 Å². The zero-order valence-electron chi connectivity index (χ0n) is 13.1. The second kappa shape index (κ2) is 9.02. The molecule has 0 aliphatic rings. The summed E-state index contributed by atoms with van der Waals surface area (Å²) < 4.78 is 13.0. The van der Waals surface area contributed by atoms with Crippen LogP contribution in [0.25, 0.3) is 0 Å². The summed E-state index contributed by atoms with van der Waals surface area (Å²) in [7, 11) is 0. The SMILES string of the molecule is Cc1nc(SCCNC(=O)CCC(=O)Nc2cccc(F)c2)n[nH]1. The molecule has 2 amide bonds. The Morgan fingerprint density at radius 1 is 1.29 bits per heavy atom. The van der Waals surface area contributed by atoms with Crippen LogP contribution in [0.1, 0.15) is 18.7 Å². The molecule has 9 heteroatoms. The van der Waals surface area contributed by atoms with Gasteiger partial charge >= 0.3 is 0 Å². The van der Waals surface area contributed by atoms with Crippen LogP contribution in [0.15, 0.2) is 29.4 Å². The Kier molecular flexibility index (Phi) is 6.74. The number of hydrogen-bond donors (Lipinski definition) is 3. The third-order valence-electron chi connectivity index (χ3n) is 2.92. The Hall–Kier alpha value is -2.42. The number of amides is 2. The fourth-order valence-corrected chi connectivity index (χ4v) is 2.52. The van der Waals surface area contributed by atoms with Crippen molar-refractivity contribution in [3.05, 3.63) is 35.9 Å². The Labute approximate surface area is 142 Å². The Morgan fingerprint density at radius 3 is 2.79 bits per heavy atom. The lowest BCUT2D eigenvalue weighted by Crippen LogP contribution is -2.26. The Bertz CT molecular complexity index is 707. The maximum atomic E-state index is 13.0. The van der Waals surface area contributed by atoms with Crippen molar-refractivity contribution in [2.45, 2.75) is 24.9 Å². The fraction of sp³-hybridized carbons (Fsp3) is 0.333. The number of aromatic nitrogens is 3. The molecule has 2 rings (SSSR count). The van der Waals surface area contributed by atoms with Crippen molar-refractivity contribution in [3.63, 3.8) is 0 Å². The third kappa shape index (κ3) is 6.37. The molecule has 0 saturated carbocycles. The summed E-state index contributed by atoms with van der Waals surface area (Å²) in [6.07, 6.45) is 0.112. The predicted octanol–water partition coefficient (Wildman–Crippen LogP) is 1.88. The lowest BCUT2D eigenvalue weighted by Gasteiger charge is -2.06. The topological polar surface area (TPSA) is 99.8 Å². The van der Waals surface area contributed by atoms with E-state index < -0.39 is 5.82 Å². The van der Waals surface area contributed by atoms with Crippen molar-refractivity contribution >= 4 is 29.3 Å². The summed E-state index contributed by atoms with van der Waals surface area (Å²) in [5, 5.41) is 12.6. The number of aromatic amines is 1. The van der Waals surface area contributed by atoms with Crippen LogP contribution < -0.4 is 10.6 Å². The third-order valence-corrected chi connectivity index (χ3v) is 3.77. The van der Waals surface area contributed by atoms with E-state index in [4.69, 9.17) is 0 Å². The van der Waals surface area contributed by atoms with E-state index in [-0.39, 0.29) is 24.7 Å². The van der Waals surface area contributed by atoms with Crippen LogP contribution in [-0.2, 0) is 9.59 Å². The van der Waals surface area contributed by atoms with Gasteiger partial charge in [-0.1, -0.05) is 17.8 Å². The molecule has 1 aromatic carbocycles. The lowest BCUT2D eigenvalue weighted by atomic mass is 10.2. The number of H-pyrrole nitrogens is 1. The smallest absolute Gasteiger partial charge is 0.224 e. The molecule has 128 valence electrons. The lowest BCUT2D eigenvalue weighted by molar-refractivity contribution is -0.124. The second-order valence-electron chi connectivity index (χ2n) is 4.96. The molecule has 0 atom stereocenters. The minimum absolute atomic E-state index is 0.0373. The van der Waals surface area contributed by atoms with Gasteiger partial charge < -0.3 is 10.6 Å². The van der Waals surface area contributed by atoms with Gasteiger partial charge in [0.2, 0.25) is 17.0 Å². The minimum atomic E-state index is -0.426. The monoisotopic (exact) mass is 351 g/mol. The number of rotatable bonds is 8. The molecule has 1 heterocycles. The molecule has 0 aliphatic heterocycles. The van der Waals surface area contributed by atoms with Gasteiger partial charge in [-0.05, 0) is 25.1 Å². The summed E-state index contributed by atoms with van der Waals surface area (Å²) in [5.41, 5.74) is 0.374. The standard InChI is InChI=1S/C15H18FN5O2S/c1-10-18-15(21-20-10)24-8-7-17-13(22)5-6-14(23)19-12-4-2-3-11(16)9-12/h2-4,9H,5-8H2,1H3,(H,17,22)(H,19,23)(H,18,20,21). The molecule has 0 radical (unpaired) electrons. The van der Waals surface area contributed by atoms with E-state index in [2.05, 4.69) is 25.8 Å². The highest BCUT2D eigenvalue weighted by Crippen LogP contribution is 2.11. The second-order valence-corrected chi connectivity index (χ2v) is 6.02. The molecule has 2 aromatic rings. The van der Waals surface area contributed by atoms with E-state index in [9.17, 15) is 14.0 Å². The molecule has 0 aliphatic carbocycles. The summed E-state index contributed by atoms with van der Waals surface area (Å²) in [6, 6.07) is 5.61. The van der Waals surface area contributed by atoms with Crippen LogP contribution in [-0.4, -0.2) is 39.3 Å². The number of anilines is 1. The molecule has 0 spiro atoms. The molecular weight excluding hydrogens is 333 g/mol. The summed E-state index contributed by atoms with van der Waals surface area (Å²) in [6.45, 7) is 2.27. The van der Waals surface area contributed by atoms with Gasteiger partial charge in [-0.3, -0.25) is 14.7 Å². The van der Waals surface area contributed by atoms with E-state index in [1.165, 1.54) is 30.0 Å². The largest absolute Gasteiger partial charge is 0.355 e. The van der Waals surface area contributed by atoms with Crippen molar-refractivity contribution in [2.75, 3.05) is 17.6 Å². The maximum Gasteiger partial charge on any atom is 0.224 e. The molecule has 3 N–H and O–H groups in total. The quantitative estimate of drug-likeness (QED) is 0.498. The Balaban J connectivity index is 1.59. The van der Waals surface area contributed by atoms with Crippen LogP contribution >= 0.6 is 11.8 Å². The highest BCUT2D eigenvalue weighted by molar-refractivity contribution is 7.99. The molecule has 24 heavy (non-hydrogen) atoms. The molecule has 7 nitrogen and oxygen atoms in total. The first-order chi connectivity index (χ1) is 11.5. The summed E-state index contributed by atoms with van der Waals surface area (Å²) >= 11 is 1.43. The zero-order valence-corrected chi connectivity index (χ0v) is 14.0. The summed E-state index contributed by atoms with van der Waals surface area (Å²) in [5.74, 6) is 0.409. The average Bonchev–Trinajstić information content (AvgIpc) is 2.95. The zero-order chi connectivity index (χ0) is 17.4. The van der Waals surface area contributed by atoms with Gasteiger partial charge in [-0.25, -0.2) is 9.37 Å². The number of nitrogens with one attached hydrogen (secondary N) is 3. The van der Waals surface area contributed by atoms with E-state index in [1.54, 1.807) is 6.07 Å². The molecule has 0 saturated heterocycles. The minimum Gasteiger partial charge on any atom is -0.355 e. The van der Waals surface area contributed by atoms with Crippen molar-refractivity contribution in [3.8, 4) is 0 Å². The number of carbonyl (C=O) groups is 2. The van der Waals surface area contributed by atoms with Gasteiger partial charge in [0.25, 0.3) is 0 Å². The van der Waals surface area contributed by atoms with Crippen LogP contribution in [0.3, 0.4) is 0 Å². The van der Waals surface area contributed by atoms with Gasteiger partial charge in [0.15, 0.2) is 0 Å². The number of halogens is 1. The van der Waals surface area contributed by atoms with Crippen molar-refractivity contribution in [1.82, 2.24) is 20.5 Å². The van der Waals surface area contributed by atoms with Crippen LogP contribution in [0.5, 0.6) is 0 Å². The van der Waals surface area contributed by atoms with E-state index in [0.29, 0.717) is 23.1 Å². The molecule has 1 aromatic heterocycles. The molecule has 0 fully saturated rings. The van der Waals surface area contributed by atoms with Gasteiger partial charge in [-0.15, -0.1) is 5.10 Å². The number of aryl methyl sites for hydroxylation is 1. The van der Waals surface area contributed by atoms with Crippen molar-refractivity contribution in [2.24, 2.45) is 0 Å². The first-order valence-corrected chi connectivity index (χ1v) is 8.35. The van der Waals surface area contributed by atoms with E-state index in [1.807, 2.05) is 6.92 Å². The van der Waals surface area contributed by atoms with Gasteiger partial charge in [-0.2, -0.15) is 0 Å². The molecule has 0 unspecified atom stereocenters. The number of thioether (sulfide) groups is 1. The molecular formula is C15H18FN5O2S. The summed E-state index contributed by atoms with van der Waals surface area (Å²) in [4.78, 5) is 27.5. The number of hydrogen-bond acceptors (Lipinski definition) is 5. The first kappa shape index (κ1) is 17.9. The van der Waals surface area contributed by atoms with E-state index >= 15 is 0 Å². The number of nitrogens with zero attached hydrogens (tertiary/aromatic N) is 2. The van der Waals surface area contributed by atoms with Crippen LogP contribution in [0.2, 0.25) is 0 Å². The Morgan fingerprint density at radius 2 is 2.08 bits per heavy atom. The predicted molar refractivity (Wildman–Crippen MR) is 89.1 cm³/mol. The number of carbonyl (C=O) groups excluding carboxylic acids is 2. The maximum absolute atomic E-state index is 13.0. The number of benzene rings is 1. The highest BCUT2D eigenvalue weighted by Gasteiger charge is 2.08. The normalized spacial score (nSPS) is 10.4. The first-order valence-electron chi connectivity index (χ1n) is 7.37. The van der Waals surface area contributed by atoms with Crippen LogP contribution in [0, 0.1) is 12.7 Å². The van der Waals surface area contributed by atoms with Crippen molar-refractivity contribution in [1.29, 1.82) is 0 Å².